The van der Waals surface area contributed by atoms with E-state index < -0.39 is 5.95 Å². The summed E-state index contributed by atoms with van der Waals surface area (Å²) in [6, 6.07) is 4.75. The van der Waals surface area contributed by atoms with E-state index in [2.05, 4.69) is 4.98 Å². The molecule has 0 spiro atoms. The van der Waals surface area contributed by atoms with Crippen molar-refractivity contribution in [1.29, 1.82) is 0 Å². The molecule has 1 aliphatic carbocycles. The van der Waals surface area contributed by atoms with E-state index in [1.807, 2.05) is 0 Å². The number of nitrogens with two attached hydrogens (primary N) is 1. The monoisotopic (exact) mass is 188 g/mol. The first-order valence-electron chi connectivity index (χ1n) is 3.63. The van der Waals surface area contributed by atoms with Crippen LogP contribution in [0.3, 0.4) is 0 Å². The second-order valence-electron chi connectivity index (χ2n) is 3.00. The molecule has 0 atom stereocenters. The molecule has 0 aromatic carbocycles. The fraction of sp³-hybridized carbons (Fsp3) is 0.375. The van der Waals surface area contributed by atoms with Gasteiger partial charge in [-0.3, -0.25) is 0 Å². The number of rotatable bonds is 1. The van der Waals surface area contributed by atoms with Crippen LogP contribution >= 0.6 is 12.4 Å². The highest BCUT2D eigenvalue weighted by Gasteiger charge is 2.41. The van der Waals surface area contributed by atoms with Crippen LogP contribution in [-0.4, -0.2) is 4.98 Å². The van der Waals surface area contributed by atoms with Crippen molar-refractivity contribution in [2.75, 3.05) is 0 Å². The molecule has 1 aromatic rings. The van der Waals surface area contributed by atoms with Crippen LogP contribution in [0.1, 0.15) is 18.5 Å². The summed E-state index contributed by atoms with van der Waals surface area (Å²) in [5.74, 6) is -0.445. The van der Waals surface area contributed by atoms with Crippen LogP contribution in [0.4, 0.5) is 4.39 Å². The van der Waals surface area contributed by atoms with Crippen LogP contribution in [-0.2, 0) is 5.54 Å². The van der Waals surface area contributed by atoms with Crippen LogP contribution in [0.25, 0.3) is 0 Å². The van der Waals surface area contributed by atoms with Gasteiger partial charge in [0.1, 0.15) is 0 Å². The Kier molecular flexibility index (Phi) is 2.35. The average molecular weight is 189 g/mol. The molecule has 1 fully saturated rings. The molecule has 1 aliphatic rings. The molecule has 0 amide bonds. The molecule has 12 heavy (non-hydrogen) atoms. The summed E-state index contributed by atoms with van der Waals surface area (Å²) in [4.78, 5) is 3.72. The Hall–Kier alpha value is -0.670. The van der Waals surface area contributed by atoms with Crippen LogP contribution in [0.15, 0.2) is 18.2 Å². The Balaban J connectivity index is 0.000000720. The van der Waals surface area contributed by atoms with Gasteiger partial charge in [0.05, 0.1) is 11.2 Å². The zero-order valence-electron chi connectivity index (χ0n) is 6.46. The molecular weight excluding hydrogens is 179 g/mol. The summed E-state index contributed by atoms with van der Waals surface area (Å²) in [5.41, 5.74) is 6.17. The number of halogens is 2. The number of hydrogen-bond acceptors (Lipinski definition) is 2. The molecular formula is C8H10ClFN2. The van der Waals surface area contributed by atoms with Crippen molar-refractivity contribution in [3.8, 4) is 0 Å². The van der Waals surface area contributed by atoms with E-state index in [0.717, 1.165) is 12.8 Å². The topological polar surface area (TPSA) is 38.9 Å². The van der Waals surface area contributed by atoms with Crippen molar-refractivity contribution in [2.24, 2.45) is 5.73 Å². The van der Waals surface area contributed by atoms with Crippen LogP contribution < -0.4 is 5.73 Å². The van der Waals surface area contributed by atoms with Crippen molar-refractivity contribution in [1.82, 2.24) is 4.98 Å². The number of aromatic nitrogens is 1. The van der Waals surface area contributed by atoms with Gasteiger partial charge < -0.3 is 5.73 Å². The predicted molar refractivity (Wildman–Crippen MR) is 46.5 cm³/mol. The summed E-state index contributed by atoms with van der Waals surface area (Å²) in [6.45, 7) is 0. The lowest BCUT2D eigenvalue weighted by Crippen LogP contribution is -2.20. The lowest BCUT2D eigenvalue weighted by Gasteiger charge is -2.05. The van der Waals surface area contributed by atoms with E-state index in [-0.39, 0.29) is 17.9 Å². The second-order valence-corrected chi connectivity index (χ2v) is 3.00. The van der Waals surface area contributed by atoms with Crippen molar-refractivity contribution in [2.45, 2.75) is 18.4 Å². The highest BCUT2D eigenvalue weighted by Crippen LogP contribution is 2.41. The zero-order chi connectivity index (χ0) is 7.90. The minimum Gasteiger partial charge on any atom is -0.320 e. The molecule has 2 rings (SSSR count). The maximum atomic E-state index is 12.6. The molecule has 0 saturated heterocycles. The Labute approximate surface area is 76.4 Å². The van der Waals surface area contributed by atoms with E-state index in [1.165, 1.54) is 6.07 Å². The first-order chi connectivity index (χ1) is 5.21. The van der Waals surface area contributed by atoms with Gasteiger partial charge in [0, 0.05) is 0 Å². The van der Waals surface area contributed by atoms with Gasteiger partial charge in [-0.15, -0.1) is 12.4 Å². The van der Waals surface area contributed by atoms with Gasteiger partial charge in [-0.05, 0) is 25.0 Å². The minimum absolute atomic E-state index is 0. The van der Waals surface area contributed by atoms with Crippen LogP contribution in [0.2, 0.25) is 0 Å². The Morgan fingerprint density at radius 2 is 2.08 bits per heavy atom. The number of pyridine rings is 1. The van der Waals surface area contributed by atoms with Gasteiger partial charge >= 0.3 is 0 Å². The maximum absolute atomic E-state index is 12.6. The van der Waals surface area contributed by atoms with E-state index in [0.29, 0.717) is 5.69 Å². The standard InChI is InChI=1S/C8H9FN2.ClH/c9-7-3-1-2-6(11-7)8(10)4-5-8;/h1-3H,4-5,10H2;1H. The number of nitrogens with zero attached hydrogens (tertiary/aromatic N) is 1. The molecule has 0 unspecified atom stereocenters. The maximum Gasteiger partial charge on any atom is 0.213 e. The largest absolute Gasteiger partial charge is 0.320 e. The summed E-state index contributed by atoms with van der Waals surface area (Å²) in [7, 11) is 0. The third kappa shape index (κ3) is 1.57. The summed E-state index contributed by atoms with van der Waals surface area (Å²) in [5, 5.41) is 0. The third-order valence-corrected chi connectivity index (χ3v) is 2.01. The molecule has 66 valence electrons. The minimum atomic E-state index is -0.445. The van der Waals surface area contributed by atoms with Crippen LogP contribution in [0.5, 0.6) is 0 Å². The van der Waals surface area contributed by atoms with Gasteiger partial charge in [0.15, 0.2) is 0 Å². The van der Waals surface area contributed by atoms with Crippen molar-refractivity contribution in [3.05, 3.63) is 29.8 Å². The first-order valence-corrected chi connectivity index (χ1v) is 3.63. The summed E-state index contributed by atoms with van der Waals surface area (Å²) >= 11 is 0. The van der Waals surface area contributed by atoms with Crippen molar-refractivity contribution >= 4 is 12.4 Å². The van der Waals surface area contributed by atoms with Gasteiger partial charge in [0.25, 0.3) is 0 Å². The third-order valence-electron chi connectivity index (χ3n) is 2.01. The lowest BCUT2D eigenvalue weighted by atomic mass is 10.2. The molecule has 1 saturated carbocycles. The van der Waals surface area contributed by atoms with Crippen molar-refractivity contribution in [3.63, 3.8) is 0 Å². The van der Waals surface area contributed by atoms with Gasteiger partial charge in [-0.2, -0.15) is 4.39 Å². The molecule has 0 aliphatic heterocycles. The number of hydrogen-bond donors (Lipinski definition) is 1. The highest BCUT2D eigenvalue weighted by atomic mass is 35.5. The fourth-order valence-corrected chi connectivity index (χ4v) is 1.08. The lowest BCUT2D eigenvalue weighted by molar-refractivity contribution is 0.562. The molecule has 2 N–H and O–H groups in total. The van der Waals surface area contributed by atoms with E-state index in [9.17, 15) is 4.39 Å². The molecule has 4 heteroatoms. The smallest absolute Gasteiger partial charge is 0.213 e. The van der Waals surface area contributed by atoms with Crippen molar-refractivity contribution < 1.29 is 4.39 Å². The second kappa shape index (κ2) is 2.99. The molecule has 1 heterocycles. The normalized spacial score (nSPS) is 18.2. The molecule has 0 radical (unpaired) electrons. The Morgan fingerprint density at radius 3 is 2.58 bits per heavy atom. The van der Waals surface area contributed by atoms with E-state index in [4.69, 9.17) is 5.73 Å². The van der Waals surface area contributed by atoms with E-state index in [1.54, 1.807) is 12.1 Å². The zero-order valence-corrected chi connectivity index (χ0v) is 7.27. The van der Waals surface area contributed by atoms with Gasteiger partial charge in [-0.1, -0.05) is 6.07 Å². The SMILES string of the molecule is Cl.NC1(c2cccc(F)n2)CC1. The summed E-state index contributed by atoms with van der Waals surface area (Å²) < 4.78 is 12.6. The first kappa shape index (κ1) is 9.42. The quantitative estimate of drug-likeness (QED) is 0.680. The van der Waals surface area contributed by atoms with Crippen LogP contribution in [0, 0.1) is 5.95 Å². The molecule has 1 aromatic heterocycles. The van der Waals surface area contributed by atoms with E-state index >= 15 is 0 Å². The average Bonchev–Trinajstić information content (AvgIpc) is 2.70. The predicted octanol–water partition coefficient (Wildman–Crippen LogP) is 1.59. The summed E-state index contributed by atoms with van der Waals surface area (Å²) in [6.07, 6.45) is 1.84. The highest BCUT2D eigenvalue weighted by molar-refractivity contribution is 5.85. The van der Waals surface area contributed by atoms with Gasteiger partial charge in [0.2, 0.25) is 5.95 Å². The fourth-order valence-electron chi connectivity index (χ4n) is 1.08. The molecule has 2 nitrogen and oxygen atoms in total. The Morgan fingerprint density at radius 1 is 1.42 bits per heavy atom. The Bertz CT molecular complexity index is 286. The van der Waals surface area contributed by atoms with Gasteiger partial charge in [-0.25, -0.2) is 4.98 Å². The molecule has 0 bridgehead atoms.